The fraction of sp³-hybridized carbons (Fsp3) is 0.286. The van der Waals surface area contributed by atoms with Gasteiger partial charge < -0.3 is 24.2 Å². The van der Waals surface area contributed by atoms with Crippen molar-refractivity contribution in [2.45, 2.75) is 0 Å². The first-order chi connectivity index (χ1) is 10.9. The third-order valence-electron chi connectivity index (χ3n) is 3.16. The van der Waals surface area contributed by atoms with E-state index in [9.17, 15) is 19.1 Å². The lowest BCUT2D eigenvalue weighted by atomic mass is 10.1. The lowest BCUT2D eigenvalue weighted by Crippen LogP contribution is -2.39. The molecule has 0 spiro atoms. The van der Waals surface area contributed by atoms with Crippen molar-refractivity contribution in [3.8, 4) is 5.75 Å². The number of hydrogen-bond donors (Lipinski definition) is 1. The normalized spacial score (nSPS) is 14.7. The van der Waals surface area contributed by atoms with Crippen LogP contribution in [0.5, 0.6) is 5.75 Å². The van der Waals surface area contributed by atoms with Crippen LogP contribution in [0.2, 0.25) is 0 Å². The van der Waals surface area contributed by atoms with Gasteiger partial charge in [-0.05, 0) is 28.1 Å². The second-order valence-corrected chi connectivity index (χ2v) is 5.30. The fourth-order valence-corrected chi connectivity index (χ4v) is 2.43. The van der Waals surface area contributed by atoms with Crippen LogP contribution in [0.4, 0.5) is 10.1 Å². The molecular formula is C14H13BrFNO6. The average Bonchev–Trinajstić information content (AvgIpc) is 2.56. The molecule has 0 saturated carbocycles. The maximum atomic E-state index is 14.2. The molecule has 0 atom stereocenters. The highest BCUT2D eigenvalue weighted by Gasteiger charge is 2.35. The summed E-state index contributed by atoms with van der Waals surface area (Å²) in [6.07, 6.45) is 0. The van der Waals surface area contributed by atoms with Crippen molar-refractivity contribution in [1.29, 1.82) is 0 Å². The summed E-state index contributed by atoms with van der Waals surface area (Å²) in [6, 6.07) is 2.40. The third-order valence-corrected chi connectivity index (χ3v) is 3.80. The van der Waals surface area contributed by atoms with Gasteiger partial charge >= 0.3 is 11.9 Å². The number of esters is 2. The van der Waals surface area contributed by atoms with Crippen LogP contribution in [0.25, 0.3) is 0 Å². The summed E-state index contributed by atoms with van der Waals surface area (Å²) in [4.78, 5) is 25.0. The largest absolute Gasteiger partial charge is 0.505 e. The molecule has 0 bridgehead atoms. The minimum Gasteiger partial charge on any atom is -0.505 e. The van der Waals surface area contributed by atoms with Crippen molar-refractivity contribution < 1.29 is 33.3 Å². The number of carbonyl (C=O) groups is 2. The highest BCUT2D eigenvalue weighted by molar-refractivity contribution is 9.10. The van der Waals surface area contributed by atoms with E-state index in [0.29, 0.717) is 0 Å². The summed E-state index contributed by atoms with van der Waals surface area (Å²) in [7, 11) is 2.26. The van der Waals surface area contributed by atoms with Crippen LogP contribution in [0, 0.1) is 5.82 Å². The van der Waals surface area contributed by atoms with E-state index in [-0.39, 0.29) is 34.8 Å². The zero-order valence-electron chi connectivity index (χ0n) is 12.3. The Morgan fingerprint density at radius 3 is 2.57 bits per heavy atom. The molecule has 0 saturated heterocycles. The minimum absolute atomic E-state index is 0.135. The number of methoxy groups -OCH3 is 2. The van der Waals surface area contributed by atoms with E-state index in [1.807, 2.05) is 0 Å². The van der Waals surface area contributed by atoms with Crippen LogP contribution in [0.15, 0.2) is 27.9 Å². The zero-order chi connectivity index (χ0) is 17.1. The summed E-state index contributed by atoms with van der Waals surface area (Å²) in [5.74, 6) is -2.94. The topological polar surface area (TPSA) is 85.3 Å². The standard InChI is InChI=1S/C14H13BrFNO6/c1-21-13(19)7-5-23-6-17(10(7)14(20)22-2)11-9(16)4-3-8(15)12(11)18/h3-4,18H,5-6H2,1-2H3. The van der Waals surface area contributed by atoms with Crippen molar-refractivity contribution in [1.82, 2.24) is 0 Å². The van der Waals surface area contributed by atoms with Crippen molar-refractivity contribution in [2.24, 2.45) is 0 Å². The number of benzene rings is 1. The monoisotopic (exact) mass is 389 g/mol. The van der Waals surface area contributed by atoms with Crippen LogP contribution in [0.1, 0.15) is 0 Å². The first-order valence-electron chi connectivity index (χ1n) is 6.34. The van der Waals surface area contributed by atoms with Crippen LogP contribution < -0.4 is 4.90 Å². The van der Waals surface area contributed by atoms with Crippen molar-refractivity contribution >= 4 is 33.6 Å². The lowest BCUT2D eigenvalue weighted by Gasteiger charge is -2.31. The molecule has 1 heterocycles. The van der Waals surface area contributed by atoms with Crippen molar-refractivity contribution in [2.75, 3.05) is 32.5 Å². The van der Waals surface area contributed by atoms with Crippen molar-refractivity contribution in [3.05, 3.63) is 33.7 Å². The third kappa shape index (κ3) is 3.15. The molecule has 0 aromatic heterocycles. The molecule has 0 unspecified atom stereocenters. The van der Waals surface area contributed by atoms with Gasteiger partial charge in [-0.3, -0.25) is 0 Å². The number of phenols is 1. The molecule has 0 aliphatic carbocycles. The summed E-state index contributed by atoms with van der Waals surface area (Å²) in [5, 5.41) is 10.1. The van der Waals surface area contributed by atoms with Gasteiger partial charge in [0, 0.05) is 0 Å². The number of nitrogens with zero attached hydrogens (tertiary/aromatic N) is 1. The molecule has 0 fully saturated rings. The van der Waals surface area contributed by atoms with Gasteiger partial charge in [0.15, 0.2) is 11.6 Å². The van der Waals surface area contributed by atoms with Gasteiger partial charge in [-0.25, -0.2) is 14.0 Å². The maximum Gasteiger partial charge on any atom is 0.355 e. The van der Waals surface area contributed by atoms with Gasteiger partial charge in [-0.15, -0.1) is 0 Å². The molecular weight excluding hydrogens is 377 g/mol. The highest BCUT2D eigenvalue weighted by Crippen LogP contribution is 2.40. The first kappa shape index (κ1) is 17.2. The SMILES string of the molecule is COC(=O)C1=C(C(=O)OC)N(c2c(F)ccc(Br)c2O)COC1. The van der Waals surface area contributed by atoms with Gasteiger partial charge in [0.25, 0.3) is 0 Å². The quantitative estimate of drug-likeness (QED) is 0.787. The van der Waals surface area contributed by atoms with Gasteiger partial charge in [0.05, 0.1) is 30.9 Å². The summed E-state index contributed by atoms with van der Waals surface area (Å²) < 4.78 is 28.9. The number of halogens is 2. The highest BCUT2D eigenvalue weighted by atomic mass is 79.9. The van der Waals surface area contributed by atoms with E-state index >= 15 is 0 Å². The molecule has 124 valence electrons. The molecule has 1 N–H and O–H groups in total. The Labute approximate surface area is 139 Å². The lowest BCUT2D eigenvalue weighted by molar-refractivity contribution is -0.140. The maximum absolute atomic E-state index is 14.2. The predicted molar refractivity (Wildman–Crippen MR) is 80.1 cm³/mol. The fourth-order valence-electron chi connectivity index (χ4n) is 2.11. The number of rotatable bonds is 3. The number of carbonyl (C=O) groups excluding carboxylic acids is 2. The summed E-state index contributed by atoms with van der Waals surface area (Å²) in [5.41, 5.74) is -0.705. The van der Waals surface area contributed by atoms with E-state index in [2.05, 4.69) is 25.4 Å². The van der Waals surface area contributed by atoms with Gasteiger partial charge in [-0.2, -0.15) is 0 Å². The first-order valence-corrected chi connectivity index (χ1v) is 7.13. The summed E-state index contributed by atoms with van der Waals surface area (Å²) >= 11 is 3.07. The minimum atomic E-state index is -0.882. The number of phenolic OH excluding ortho intramolecular Hbond substituents is 1. The zero-order valence-corrected chi connectivity index (χ0v) is 13.8. The predicted octanol–water partition coefficient (Wildman–Crippen LogP) is 1.69. The average molecular weight is 390 g/mol. The van der Waals surface area contributed by atoms with Crippen LogP contribution in [-0.4, -0.2) is 44.6 Å². The second-order valence-electron chi connectivity index (χ2n) is 4.44. The number of aromatic hydroxyl groups is 1. The van der Waals surface area contributed by atoms with Crippen LogP contribution in [0.3, 0.4) is 0 Å². The molecule has 1 aliphatic heterocycles. The molecule has 9 heteroatoms. The smallest absolute Gasteiger partial charge is 0.355 e. The number of hydrogen-bond acceptors (Lipinski definition) is 7. The Balaban J connectivity index is 2.68. The van der Waals surface area contributed by atoms with E-state index < -0.39 is 23.5 Å². The molecule has 7 nitrogen and oxygen atoms in total. The number of anilines is 1. The Morgan fingerprint density at radius 2 is 1.96 bits per heavy atom. The van der Waals surface area contributed by atoms with E-state index in [1.54, 1.807) is 0 Å². The van der Waals surface area contributed by atoms with Crippen molar-refractivity contribution in [3.63, 3.8) is 0 Å². The molecule has 23 heavy (non-hydrogen) atoms. The molecule has 0 amide bonds. The van der Waals surface area contributed by atoms with E-state index in [1.165, 1.54) is 6.07 Å². The molecule has 1 aliphatic rings. The Bertz CT molecular complexity index is 690. The van der Waals surface area contributed by atoms with Gasteiger partial charge in [0.2, 0.25) is 0 Å². The van der Waals surface area contributed by atoms with Gasteiger partial charge in [-0.1, -0.05) is 0 Å². The summed E-state index contributed by atoms with van der Waals surface area (Å²) in [6.45, 7) is -0.462. The Hall–Kier alpha value is -2.13. The molecule has 2 rings (SSSR count). The van der Waals surface area contributed by atoms with Crippen LogP contribution >= 0.6 is 15.9 Å². The Kier molecular flexibility index (Phi) is 5.22. The Morgan fingerprint density at radius 1 is 1.30 bits per heavy atom. The van der Waals surface area contributed by atoms with E-state index in [0.717, 1.165) is 25.2 Å². The van der Waals surface area contributed by atoms with E-state index in [4.69, 9.17) is 4.74 Å². The molecule has 1 aromatic carbocycles. The number of ether oxygens (including phenoxy) is 3. The molecule has 0 radical (unpaired) electrons. The second kappa shape index (κ2) is 6.97. The van der Waals surface area contributed by atoms with Gasteiger partial charge in [0.1, 0.15) is 18.1 Å². The molecule has 1 aromatic rings. The van der Waals surface area contributed by atoms with Crippen LogP contribution in [-0.2, 0) is 23.8 Å².